The van der Waals surface area contributed by atoms with Gasteiger partial charge in [-0.15, -0.1) is 11.3 Å². The predicted octanol–water partition coefficient (Wildman–Crippen LogP) is 4.67. The average Bonchev–Trinajstić information content (AvgIpc) is 3.27. The number of benzene rings is 2. The van der Waals surface area contributed by atoms with Crippen LogP contribution in [0.4, 0.5) is 0 Å². The Balaban J connectivity index is 1.61. The van der Waals surface area contributed by atoms with Crippen LogP contribution in [-0.2, 0) is 9.53 Å². The van der Waals surface area contributed by atoms with Crippen molar-refractivity contribution in [1.29, 1.82) is 0 Å². The van der Waals surface area contributed by atoms with Crippen molar-refractivity contribution in [2.45, 2.75) is 13.0 Å². The standard InChI is InChI=1S/C22H18ClNO4S/c1-14(15-8-10-16(23)11-9-15)24-20(25)13-28-22(27)18-6-3-2-5-17(18)21(26)19-7-4-12-29-19/h2-12,14H,13H2,1H3,(H,24,25). The number of carbonyl (C=O) groups is 3. The van der Waals surface area contributed by atoms with Crippen LogP contribution in [0.2, 0.25) is 5.02 Å². The lowest BCUT2D eigenvalue weighted by atomic mass is 10.0. The first-order chi connectivity index (χ1) is 14.0. The van der Waals surface area contributed by atoms with Crippen molar-refractivity contribution in [2.75, 3.05) is 6.61 Å². The summed E-state index contributed by atoms with van der Waals surface area (Å²) in [5.41, 5.74) is 1.25. The molecule has 0 bridgehead atoms. The van der Waals surface area contributed by atoms with Crippen molar-refractivity contribution in [1.82, 2.24) is 5.32 Å². The van der Waals surface area contributed by atoms with E-state index < -0.39 is 18.5 Å². The molecule has 2 aromatic carbocycles. The number of rotatable bonds is 7. The molecule has 0 saturated heterocycles. The van der Waals surface area contributed by atoms with Crippen molar-refractivity contribution in [3.63, 3.8) is 0 Å². The first-order valence-corrected chi connectivity index (χ1v) is 10.1. The van der Waals surface area contributed by atoms with E-state index in [0.717, 1.165) is 5.56 Å². The number of ketones is 1. The highest BCUT2D eigenvalue weighted by Gasteiger charge is 2.20. The van der Waals surface area contributed by atoms with Crippen molar-refractivity contribution < 1.29 is 19.1 Å². The molecule has 3 rings (SSSR count). The van der Waals surface area contributed by atoms with Crippen molar-refractivity contribution in [3.05, 3.63) is 92.6 Å². The van der Waals surface area contributed by atoms with Gasteiger partial charge in [-0.2, -0.15) is 0 Å². The summed E-state index contributed by atoms with van der Waals surface area (Å²) in [7, 11) is 0. The van der Waals surface area contributed by atoms with Gasteiger partial charge in [0, 0.05) is 10.6 Å². The number of ether oxygens (including phenoxy) is 1. The molecule has 3 aromatic rings. The van der Waals surface area contributed by atoms with Crippen LogP contribution in [0.5, 0.6) is 0 Å². The van der Waals surface area contributed by atoms with Gasteiger partial charge in [0.1, 0.15) is 0 Å². The Hall–Kier alpha value is -2.96. The Kier molecular flexibility index (Phi) is 6.80. The molecule has 1 N–H and O–H groups in total. The van der Waals surface area contributed by atoms with Gasteiger partial charge in [0.15, 0.2) is 6.61 Å². The van der Waals surface area contributed by atoms with E-state index in [4.69, 9.17) is 16.3 Å². The van der Waals surface area contributed by atoms with Crippen LogP contribution in [0.25, 0.3) is 0 Å². The summed E-state index contributed by atoms with van der Waals surface area (Å²) in [6.45, 7) is 1.37. The van der Waals surface area contributed by atoms with E-state index >= 15 is 0 Å². The minimum Gasteiger partial charge on any atom is -0.452 e. The summed E-state index contributed by atoms with van der Waals surface area (Å²) in [5, 5.41) is 5.16. The molecule has 0 spiro atoms. The lowest BCUT2D eigenvalue weighted by Crippen LogP contribution is -2.31. The average molecular weight is 428 g/mol. The van der Waals surface area contributed by atoms with Crippen LogP contribution in [0.1, 0.15) is 44.1 Å². The highest BCUT2D eigenvalue weighted by molar-refractivity contribution is 7.12. The van der Waals surface area contributed by atoms with Gasteiger partial charge in [0.2, 0.25) is 5.78 Å². The Labute approximate surface area is 177 Å². The largest absolute Gasteiger partial charge is 0.452 e. The smallest absolute Gasteiger partial charge is 0.339 e. The normalized spacial score (nSPS) is 11.5. The van der Waals surface area contributed by atoms with Crippen molar-refractivity contribution >= 4 is 40.6 Å². The van der Waals surface area contributed by atoms with E-state index in [1.54, 1.807) is 47.8 Å². The van der Waals surface area contributed by atoms with Crippen LogP contribution in [0.3, 0.4) is 0 Å². The molecule has 0 aliphatic rings. The van der Waals surface area contributed by atoms with Gasteiger partial charge in [0.05, 0.1) is 16.5 Å². The number of thiophene rings is 1. The van der Waals surface area contributed by atoms with Crippen LogP contribution >= 0.6 is 22.9 Å². The van der Waals surface area contributed by atoms with Gasteiger partial charge in [-0.05, 0) is 42.1 Å². The molecule has 0 radical (unpaired) electrons. The van der Waals surface area contributed by atoms with Crippen molar-refractivity contribution in [3.8, 4) is 0 Å². The number of amides is 1. The minimum absolute atomic E-state index is 0.129. The van der Waals surface area contributed by atoms with Crippen LogP contribution in [0.15, 0.2) is 66.0 Å². The fourth-order valence-electron chi connectivity index (χ4n) is 2.73. The highest BCUT2D eigenvalue weighted by atomic mass is 35.5. The molecule has 7 heteroatoms. The summed E-state index contributed by atoms with van der Waals surface area (Å²) in [6, 6.07) is 16.7. The molecule has 1 amide bonds. The third kappa shape index (κ3) is 5.31. The molecule has 1 atom stereocenters. The Morgan fingerprint density at radius 2 is 1.69 bits per heavy atom. The zero-order chi connectivity index (χ0) is 20.8. The lowest BCUT2D eigenvalue weighted by molar-refractivity contribution is -0.124. The highest BCUT2D eigenvalue weighted by Crippen LogP contribution is 2.19. The number of hydrogen-bond donors (Lipinski definition) is 1. The Bertz CT molecular complexity index is 1020. The van der Waals surface area contributed by atoms with Gasteiger partial charge in [-0.1, -0.05) is 48.0 Å². The number of halogens is 1. The molecule has 1 heterocycles. The van der Waals surface area contributed by atoms with E-state index in [0.29, 0.717) is 9.90 Å². The summed E-state index contributed by atoms with van der Waals surface area (Å²) in [4.78, 5) is 37.8. The zero-order valence-electron chi connectivity index (χ0n) is 15.6. The van der Waals surface area contributed by atoms with E-state index in [2.05, 4.69) is 5.32 Å². The molecule has 5 nitrogen and oxygen atoms in total. The second-order valence-corrected chi connectivity index (χ2v) is 7.65. The summed E-state index contributed by atoms with van der Waals surface area (Å²) < 4.78 is 5.13. The molecule has 29 heavy (non-hydrogen) atoms. The lowest BCUT2D eigenvalue weighted by Gasteiger charge is -2.15. The number of carbonyl (C=O) groups excluding carboxylic acids is 3. The second-order valence-electron chi connectivity index (χ2n) is 6.27. The summed E-state index contributed by atoms with van der Waals surface area (Å²) in [6.07, 6.45) is 0. The molecule has 0 aliphatic heterocycles. The number of esters is 1. The Morgan fingerprint density at radius 3 is 2.34 bits per heavy atom. The second kappa shape index (κ2) is 9.49. The third-order valence-corrected chi connectivity index (χ3v) is 5.34. The number of hydrogen-bond acceptors (Lipinski definition) is 5. The molecule has 0 saturated carbocycles. The van der Waals surface area contributed by atoms with E-state index in [-0.39, 0.29) is 23.0 Å². The zero-order valence-corrected chi connectivity index (χ0v) is 17.1. The first kappa shape index (κ1) is 20.8. The minimum atomic E-state index is -0.722. The molecular weight excluding hydrogens is 410 g/mol. The monoisotopic (exact) mass is 427 g/mol. The van der Waals surface area contributed by atoms with Gasteiger partial charge in [-0.25, -0.2) is 4.79 Å². The molecule has 0 fully saturated rings. The third-order valence-electron chi connectivity index (χ3n) is 4.22. The van der Waals surface area contributed by atoms with Crippen LogP contribution in [-0.4, -0.2) is 24.3 Å². The quantitative estimate of drug-likeness (QED) is 0.439. The molecule has 148 valence electrons. The Morgan fingerprint density at radius 1 is 1.00 bits per heavy atom. The molecule has 1 aromatic heterocycles. The molecule has 0 aliphatic carbocycles. The van der Waals surface area contributed by atoms with E-state index in [9.17, 15) is 14.4 Å². The van der Waals surface area contributed by atoms with Gasteiger partial charge in [0.25, 0.3) is 5.91 Å². The summed E-state index contributed by atoms with van der Waals surface area (Å²) >= 11 is 7.16. The fourth-order valence-corrected chi connectivity index (χ4v) is 3.53. The van der Waals surface area contributed by atoms with Crippen LogP contribution < -0.4 is 5.32 Å². The SMILES string of the molecule is CC(NC(=O)COC(=O)c1ccccc1C(=O)c1cccs1)c1ccc(Cl)cc1. The van der Waals surface area contributed by atoms with Gasteiger partial charge < -0.3 is 10.1 Å². The first-order valence-electron chi connectivity index (χ1n) is 8.85. The maximum atomic E-state index is 12.6. The predicted molar refractivity (Wildman–Crippen MR) is 112 cm³/mol. The van der Waals surface area contributed by atoms with Gasteiger partial charge in [-0.3, -0.25) is 9.59 Å². The topological polar surface area (TPSA) is 72.5 Å². The maximum Gasteiger partial charge on any atom is 0.339 e. The summed E-state index contributed by atoms with van der Waals surface area (Å²) in [5.74, 6) is -1.42. The molecular formula is C22H18ClNO4S. The fraction of sp³-hybridized carbons (Fsp3) is 0.136. The maximum absolute atomic E-state index is 12.6. The van der Waals surface area contributed by atoms with Crippen LogP contribution in [0, 0.1) is 0 Å². The number of nitrogens with one attached hydrogen (secondary N) is 1. The molecule has 1 unspecified atom stereocenters. The van der Waals surface area contributed by atoms with Gasteiger partial charge >= 0.3 is 5.97 Å². The van der Waals surface area contributed by atoms with E-state index in [1.165, 1.54) is 17.4 Å². The van der Waals surface area contributed by atoms with E-state index in [1.807, 2.05) is 19.1 Å². The van der Waals surface area contributed by atoms with Crippen molar-refractivity contribution in [2.24, 2.45) is 0 Å².